The molecule has 0 N–H and O–H groups in total. The molecule has 0 spiro atoms. The minimum atomic E-state index is 0.407. The van der Waals surface area contributed by atoms with Gasteiger partial charge in [0.1, 0.15) is 0 Å². The summed E-state index contributed by atoms with van der Waals surface area (Å²) in [5.74, 6) is 0. The van der Waals surface area contributed by atoms with E-state index in [9.17, 15) is 0 Å². The third-order valence-corrected chi connectivity index (χ3v) is 3.26. The van der Waals surface area contributed by atoms with E-state index >= 15 is 0 Å². The van der Waals surface area contributed by atoms with Crippen LogP contribution in [0.4, 0.5) is 11.4 Å². The largest absolute Gasteiger partial charge is 0.285 e. The zero-order valence-corrected chi connectivity index (χ0v) is 12.7. The fourth-order valence-electron chi connectivity index (χ4n) is 2.47. The van der Waals surface area contributed by atoms with Gasteiger partial charge in [-0.05, 0) is 44.5 Å². The maximum Gasteiger partial charge on any atom is 0.0577 e. The summed E-state index contributed by atoms with van der Waals surface area (Å²) in [5.41, 5.74) is 2.48. The second-order valence-electron chi connectivity index (χ2n) is 5.23. The number of para-hydroxylation sites is 2. The van der Waals surface area contributed by atoms with E-state index in [0.717, 1.165) is 13.0 Å². The van der Waals surface area contributed by atoms with E-state index in [1.165, 1.54) is 11.4 Å². The van der Waals surface area contributed by atoms with Crippen molar-refractivity contribution in [3.8, 4) is 0 Å². The Labute approximate surface area is 122 Å². The highest BCUT2D eigenvalue weighted by atomic mass is 15.6. The van der Waals surface area contributed by atoms with E-state index in [1.54, 1.807) is 0 Å². The second-order valence-corrected chi connectivity index (χ2v) is 5.23. The molecule has 0 unspecified atom stereocenters. The Morgan fingerprint density at radius 1 is 0.800 bits per heavy atom. The summed E-state index contributed by atoms with van der Waals surface area (Å²) in [6.45, 7) is 7.70. The standard InChI is InChI=1S/C18H24N2/c1-4-15-19(17-11-7-5-8-12-17)20(16(2)3)18-13-9-6-10-14-18/h5-14,16H,4,15H2,1-3H3. The predicted molar refractivity (Wildman–Crippen MR) is 88.1 cm³/mol. The molecule has 2 rings (SSSR count). The Morgan fingerprint density at radius 3 is 1.75 bits per heavy atom. The highest BCUT2D eigenvalue weighted by Crippen LogP contribution is 2.24. The van der Waals surface area contributed by atoms with Gasteiger partial charge in [0, 0.05) is 12.6 Å². The van der Waals surface area contributed by atoms with Crippen LogP contribution in [0.25, 0.3) is 0 Å². The lowest BCUT2D eigenvalue weighted by molar-refractivity contribution is 0.626. The average molecular weight is 268 g/mol. The topological polar surface area (TPSA) is 6.48 Å². The van der Waals surface area contributed by atoms with Gasteiger partial charge < -0.3 is 0 Å². The Bertz CT molecular complexity index is 493. The molecule has 0 aromatic heterocycles. The summed E-state index contributed by atoms with van der Waals surface area (Å²) >= 11 is 0. The quantitative estimate of drug-likeness (QED) is 0.699. The van der Waals surface area contributed by atoms with Gasteiger partial charge in [-0.1, -0.05) is 43.3 Å². The smallest absolute Gasteiger partial charge is 0.0577 e. The van der Waals surface area contributed by atoms with Gasteiger partial charge in [-0.2, -0.15) is 0 Å². The molecule has 0 heterocycles. The Kier molecular flexibility index (Phi) is 5.05. The van der Waals surface area contributed by atoms with Crippen molar-refractivity contribution in [3.63, 3.8) is 0 Å². The van der Waals surface area contributed by atoms with Gasteiger partial charge >= 0.3 is 0 Å². The van der Waals surface area contributed by atoms with E-state index in [0.29, 0.717) is 6.04 Å². The van der Waals surface area contributed by atoms with Crippen molar-refractivity contribution in [1.29, 1.82) is 0 Å². The van der Waals surface area contributed by atoms with Crippen molar-refractivity contribution in [2.45, 2.75) is 33.2 Å². The van der Waals surface area contributed by atoms with Crippen LogP contribution in [-0.2, 0) is 0 Å². The van der Waals surface area contributed by atoms with Gasteiger partial charge in [0.05, 0.1) is 11.4 Å². The zero-order valence-electron chi connectivity index (χ0n) is 12.7. The van der Waals surface area contributed by atoms with Crippen LogP contribution in [0.1, 0.15) is 27.2 Å². The molecule has 20 heavy (non-hydrogen) atoms. The van der Waals surface area contributed by atoms with Crippen LogP contribution in [0.15, 0.2) is 60.7 Å². The summed E-state index contributed by atoms with van der Waals surface area (Å²) in [4.78, 5) is 0. The number of nitrogens with zero attached hydrogens (tertiary/aromatic N) is 2. The van der Waals surface area contributed by atoms with Gasteiger partial charge in [-0.3, -0.25) is 10.0 Å². The molecule has 0 saturated carbocycles. The van der Waals surface area contributed by atoms with Crippen LogP contribution in [0.3, 0.4) is 0 Å². The minimum absolute atomic E-state index is 0.407. The Hall–Kier alpha value is -1.96. The lowest BCUT2D eigenvalue weighted by Crippen LogP contribution is -2.47. The summed E-state index contributed by atoms with van der Waals surface area (Å²) < 4.78 is 0. The van der Waals surface area contributed by atoms with Gasteiger partial charge in [0.25, 0.3) is 0 Å². The minimum Gasteiger partial charge on any atom is -0.285 e. The first kappa shape index (κ1) is 14.4. The molecule has 2 heteroatoms. The van der Waals surface area contributed by atoms with E-state index in [4.69, 9.17) is 0 Å². The number of benzene rings is 2. The van der Waals surface area contributed by atoms with Crippen molar-refractivity contribution >= 4 is 11.4 Å². The third-order valence-electron chi connectivity index (χ3n) is 3.26. The molecule has 0 bridgehead atoms. The molecule has 2 nitrogen and oxygen atoms in total. The van der Waals surface area contributed by atoms with E-state index in [1.807, 2.05) is 0 Å². The lowest BCUT2D eigenvalue weighted by atomic mass is 10.2. The van der Waals surface area contributed by atoms with Crippen molar-refractivity contribution in [2.75, 3.05) is 16.6 Å². The van der Waals surface area contributed by atoms with Gasteiger partial charge in [-0.15, -0.1) is 0 Å². The zero-order chi connectivity index (χ0) is 14.4. The average Bonchev–Trinajstić information content (AvgIpc) is 2.48. The summed E-state index contributed by atoms with van der Waals surface area (Å²) in [6, 6.07) is 21.6. The molecule has 0 radical (unpaired) electrons. The SMILES string of the molecule is CCCN(c1ccccc1)N(c1ccccc1)C(C)C. The van der Waals surface area contributed by atoms with E-state index < -0.39 is 0 Å². The lowest BCUT2D eigenvalue weighted by Gasteiger charge is -2.41. The van der Waals surface area contributed by atoms with E-state index in [2.05, 4.69) is 91.5 Å². The number of rotatable bonds is 6. The maximum absolute atomic E-state index is 2.38. The Balaban J connectivity index is 2.38. The summed E-state index contributed by atoms with van der Waals surface area (Å²) in [6.07, 6.45) is 1.12. The third kappa shape index (κ3) is 3.32. The molecule has 0 aliphatic heterocycles. The normalized spacial score (nSPS) is 10.6. The molecule has 0 saturated heterocycles. The number of hydrogen-bond acceptors (Lipinski definition) is 2. The van der Waals surface area contributed by atoms with Crippen LogP contribution in [0.2, 0.25) is 0 Å². The molecule has 0 aliphatic rings. The molecule has 0 amide bonds. The van der Waals surface area contributed by atoms with Crippen LogP contribution < -0.4 is 10.0 Å². The van der Waals surface area contributed by atoms with Gasteiger partial charge in [0.15, 0.2) is 0 Å². The first-order valence-electron chi connectivity index (χ1n) is 7.40. The second kappa shape index (κ2) is 6.99. The van der Waals surface area contributed by atoms with E-state index in [-0.39, 0.29) is 0 Å². The monoisotopic (exact) mass is 268 g/mol. The van der Waals surface area contributed by atoms with Crippen molar-refractivity contribution in [3.05, 3.63) is 60.7 Å². The predicted octanol–water partition coefficient (Wildman–Crippen LogP) is 4.73. The Morgan fingerprint density at radius 2 is 1.30 bits per heavy atom. The fourth-order valence-corrected chi connectivity index (χ4v) is 2.47. The summed E-state index contributed by atoms with van der Waals surface area (Å²) in [5, 5.41) is 4.75. The number of anilines is 2. The summed E-state index contributed by atoms with van der Waals surface area (Å²) in [7, 11) is 0. The highest BCUT2D eigenvalue weighted by molar-refractivity contribution is 5.58. The van der Waals surface area contributed by atoms with Crippen LogP contribution >= 0.6 is 0 Å². The molecule has 106 valence electrons. The number of hydrazine groups is 1. The maximum atomic E-state index is 2.38. The van der Waals surface area contributed by atoms with Gasteiger partial charge in [-0.25, -0.2) is 0 Å². The molecule has 0 atom stereocenters. The first-order chi connectivity index (χ1) is 9.74. The fraction of sp³-hybridized carbons (Fsp3) is 0.333. The van der Waals surface area contributed by atoms with Crippen molar-refractivity contribution in [1.82, 2.24) is 0 Å². The van der Waals surface area contributed by atoms with Crippen molar-refractivity contribution in [2.24, 2.45) is 0 Å². The molecule has 2 aromatic carbocycles. The first-order valence-corrected chi connectivity index (χ1v) is 7.40. The molecule has 0 fully saturated rings. The molecular weight excluding hydrogens is 244 g/mol. The van der Waals surface area contributed by atoms with Crippen molar-refractivity contribution < 1.29 is 0 Å². The van der Waals surface area contributed by atoms with Crippen LogP contribution in [-0.4, -0.2) is 12.6 Å². The number of hydrogen-bond donors (Lipinski definition) is 0. The molecule has 0 aliphatic carbocycles. The van der Waals surface area contributed by atoms with Gasteiger partial charge in [0.2, 0.25) is 0 Å². The van der Waals surface area contributed by atoms with Crippen LogP contribution in [0.5, 0.6) is 0 Å². The highest BCUT2D eigenvalue weighted by Gasteiger charge is 2.18. The van der Waals surface area contributed by atoms with Crippen LogP contribution in [0, 0.1) is 0 Å². The molecular formula is C18H24N2. The molecule has 2 aromatic rings.